The zero-order chi connectivity index (χ0) is 19.9. The first-order chi connectivity index (χ1) is 14.1. The van der Waals surface area contributed by atoms with Gasteiger partial charge in [0.05, 0.1) is 10.4 Å². The van der Waals surface area contributed by atoms with E-state index in [0.717, 1.165) is 43.1 Å². The highest BCUT2D eigenvalue weighted by atomic mass is 32.2. The van der Waals surface area contributed by atoms with E-state index in [1.165, 1.54) is 12.0 Å². The Kier molecular flexibility index (Phi) is 4.65. The first-order valence-electron chi connectivity index (χ1n) is 10.3. The molecule has 2 fully saturated rings. The van der Waals surface area contributed by atoms with E-state index in [4.69, 9.17) is 0 Å². The van der Waals surface area contributed by atoms with Gasteiger partial charge in [0.15, 0.2) is 5.03 Å². The van der Waals surface area contributed by atoms with E-state index in [0.29, 0.717) is 5.92 Å². The molecule has 0 bridgehead atoms. The lowest BCUT2D eigenvalue weighted by atomic mass is 9.73. The molecule has 1 saturated carbocycles. The summed E-state index contributed by atoms with van der Waals surface area (Å²) in [6.07, 6.45) is 5.61. The van der Waals surface area contributed by atoms with Crippen molar-refractivity contribution in [1.82, 2.24) is 15.8 Å². The van der Waals surface area contributed by atoms with E-state index in [2.05, 4.69) is 28.0 Å². The van der Waals surface area contributed by atoms with Gasteiger partial charge in [0.1, 0.15) is 0 Å². The molecule has 5 nitrogen and oxygen atoms in total. The molecule has 0 atom stereocenters. The summed E-state index contributed by atoms with van der Waals surface area (Å²) in [6.45, 7) is 1.03. The summed E-state index contributed by atoms with van der Waals surface area (Å²) in [6, 6.07) is 18.2. The van der Waals surface area contributed by atoms with Gasteiger partial charge in [-0.2, -0.15) is 0 Å². The van der Waals surface area contributed by atoms with Gasteiger partial charge in [-0.15, -0.1) is 0 Å². The third kappa shape index (κ3) is 3.35. The highest BCUT2D eigenvalue weighted by Crippen LogP contribution is 2.42. The molecule has 5 rings (SSSR count). The van der Waals surface area contributed by atoms with Gasteiger partial charge in [0, 0.05) is 17.5 Å². The second kappa shape index (κ2) is 7.20. The molecule has 2 N–H and O–H groups in total. The third-order valence-corrected chi connectivity index (χ3v) is 8.19. The fraction of sp³-hybridized carbons (Fsp3) is 0.348. The average Bonchev–Trinajstić information content (AvgIpc) is 3.22. The number of nitrogens with zero attached hydrogens (tertiary/aromatic N) is 1. The molecule has 0 amide bonds. The normalized spacial score (nSPS) is 24.9. The first kappa shape index (κ1) is 18.7. The van der Waals surface area contributed by atoms with Gasteiger partial charge in [-0.25, -0.2) is 13.4 Å². The van der Waals surface area contributed by atoms with Crippen molar-refractivity contribution < 1.29 is 8.42 Å². The number of hydrazine groups is 1. The van der Waals surface area contributed by atoms with Gasteiger partial charge >= 0.3 is 0 Å². The van der Waals surface area contributed by atoms with Crippen LogP contribution in [0.5, 0.6) is 0 Å². The zero-order valence-corrected chi connectivity index (χ0v) is 17.1. The van der Waals surface area contributed by atoms with Crippen LogP contribution in [0.2, 0.25) is 0 Å². The highest BCUT2D eigenvalue weighted by molar-refractivity contribution is 7.91. The second-order valence-electron chi connectivity index (χ2n) is 8.24. The Morgan fingerprint density at radius 1 is 0.897 bits per heavy atom. The number of fused-ring (bicyclic) bond motifs is 1. The summed E-state index contributed by atoms with van der Waals surface area (Å²) >= 11 is 0. The minimum absolute atomic E-state index is 0.123. The number of pyridine rings is 1. The van der Waals surface area contributed by atoms with E-state index < -0.39 is 9.84 Å². The van der Waals surface area contributed by atoms with E-state index >= 15 is 0 Å². The molecule has 1 aromatic heterocycles. The number of rotatable bonds is 3. The second-order valence-corrected chi connectivity index (χ2v) is 10.1. The van der Waals surface area contributed by atoms with Crippen LogP contribution in [0.15, 0.2) is 70.6 Å². The number of para-hydroxylation sites is 1. The summed E-state index contributed by atoms with van der Waals surface area (Å²) in [5.74, 6) is 0.411. The van der Waals surface area contributed by atoms with Gasteiger partial charge < -0.3 is 0 Å². The molecule has 1 aliphatic carbocycles. The van der Waals surface area contributed by atoms with Crippen molar-refractivity contribution in [1.29, 1.82) is 0 Å². The van der Waals surface area contributed by atoms with Crippen molar-refractivity contribution in [3.05, 3.63) is 66.2 Å². The highest BCUT2D eigenvalue weighted by Gasteiger charge is 2.38. The lowest BCUT2D eigenvalue weighted by Gasteiger charge is -2.37. The summed E-state index contributed by atoms with van der Waals surface area (Å²) in [7, 11) is -3.63. The predicted octanol–water partition coefficient (Wildman–Crippen LogP) is 3.96. The Labute approximate surface area is 171 Å². The maximum absolute atomic E-state index is 13.1. The SMILES string of the molecule is O=S(=O)(c1ccccc1)c1ccc2cccc(C3CCC4(CCNN4)CC3)c2n1. The molecule has 29 heavy (non-hydrogen) atoms. The van der Waals surface area contributed by atoms with Crippen LogP contribution in [0, 0.1) is 0 Å². The van der Waals surface area contributed by atoms with Crippen molar-refractivity contribution in [3.63, 3.8) is 0 Å². The number of hydrogen-bond acceptors (Lipinski definition) is 5. The number of hydrogen-bond donors (Lipinski definition) is 2. The number of nitrogens with one attached hydrogen (secondary N) is 2. The van der Waals surface area contributed by atoms with Crippen LogP contribution < -0.4 is 10.9 Å². The van der Waals surface area contributed by atoms with Crippen molar-refractivity contribution >= 4 is 20.7 Å². The molecule has 6 heteroatoms. The van der Waals surface area contributed by atoms with Crippen LogP contribution in [0.25, 0.3) is 10.9 Å². The molecule has 2 aromatic carbocycles. The van der Waals surface area contributed by atoms with Gasteiger partial charge in [0.25, 0.3) is 0 Å². The standard InChI is InChI=1S/C23H25N3O2S/c27-29(28,19-6-2-1-3-7-19)21-10-9-18-5-4-8-20(22(18)25-21)17-11-13-23(14-12-17)15-16-24-26-23/h1-10,17,24,26H,11-16H2. The topological polar surface area (TPSA) is 71.1 Å². The van der Waals surface area contributed by atoms with Crippen LogP contribution in [-0.4, -0.2) is 25.5 Å². The Balaban J connectivity index is 1.52. The van der Waals surface area contributed by atoms with E-state index in [1.807, 2.05) is 18.2 Å². The molecular weight excluding hydrogens is 382 g/mol. The summed E-state index contributed by atoms with van der Waals surface area (Å²) < 4.78 is 26.1. The fourth-order valence-corrected chi connectivity index (χ4v) is 6.04. The summed E-state index contributed by atoms with van der Waals surface area (Å²) in [4.78, 5) is 4.95. The van der Waals surface area contributed by atoms with E-state index in [-0.39, 0.29) is 15.5 Å². The van der Waals surface area contributed by atoms with Gasteiger partial charge in [-0.05, 0) is 67.9 Å². The number of aromatic nitrogens is 1. The van der Waals surface area contributed by atoms with E-state index in [1.54, 1.807) is 30.3 Å². The molecule has 3 aromatic rings. The van der Waals surface area contributed by atoms with Crippen LogP contribution in [-0.2, 0) is 9.84 Å². The maximum Gasteiger partial charge on any atom is 0.223 e. The molecule has 2 aliphatic rings. The van der Waals surface area contributed by atoms with Crippen LogP contribution in [0.4, 0.5) is 0 Å². The molecule has 0 radical (unpaired) electrons. The Morgan fingerprint density at radius 2 is 1.69 bits per heavy atom. The van der Waals surface area contributed by atoms with Gasteiger partial charge in [-0.1, -0.05) is 36.4 Å². The summed E-state index contributed by atoms with van der Waals surface area (Å²) in [5.41, 5.74) is 8.99. The lowest BCUT2D eigenvalue weighted by molar-refractivity contribution is 0.235. The zero-order valence-electron chi connectivity index (χ0n) is 16.3. The van der Waals surface area contributed by atoms with Crippen LogP contribution >= 0.6 is 0 Å². The van der Waals surface area contributed by atoms with Crippen molar-refractivity contribution in [2.45, 2.75) is 53.5 Å². The molecule has 0 unspecified atom stereocenters. The smallest absolute Gasteiger partial charge is 0.223 e. The number of sulfone groups is 1. The van der Waals surface area contributed by atoms with Gasteiger partial charge in [0.2, 0.25) is 9.84 Å². The van der Waals surface area contributed by atoms with E-state index in [9.17, 15) is 8.42 Å². The monoisotopic (exact) mass is 407 g/mol. The first-order valence-corrected chi connectivity index (χ1v) is 11.8. The number of benzene rings is 2. The van der Waals surface area contributed by atoms with Crippen LogP contribution in [0.3, 0.4) is 0 Å². The minimum Gasteiger partial charge on any atom is -0.257 e. The maximum atomic E-state index is 13.1. The quantitative estimate of drug-likeness (QED) is 0.688. The predicted molar refractivity (Wildman–Crippen MR) is 113 cm³/mol. The van der Waals surface area contributed by atoms with Crippen molar-refractivity contribution in [2.75, 3.05) is 6.54 Å². The lowest BCUT2D eigenvalue weighted by Crippen LogP contribution is -2.46. The Morgan fingerprint density at radius 3 is 2.41 bits per heavy atom. The molecule has 150 valence electrons. The Bertz CT molecular complexity index is 1130. The minimum atomic E-state index is -3.63. The van der Waals surface area contributed by atoms with Crippen LogP contribution in [0.1, 0.15) is 43.6 Å². The largest absolute Gasteiger partial charge is 0.257 e. The van der Waals surface area contributed by atoms with Gasteiger partial charge in [-0.3, -0.25) is 10.9 Å². The summed E-state index contributed by atoms with van der Waals surface area (Å²) in [5, 5.41) is 1.12. The average molecular weight is 408 g/mol. The molecule has 1 spiro atoms. The molecule has 1 saturated heterocycles. The molecule has 1 aliphatic heterocycles. The fourth-order valence-electron chi connectivity index (χ4n) is 4.82. The molecular formula is C23H25N3O2S. The Hall–Kier alpha value is -2.28. The third-order valence-electron chi connectivity index (χ3n) is 6.52. The van der Waals surface area contributed by atoms with Crippen molar-refractivity contribution in [3.8, 4) is 0 Å². The molecule has 2 heterocycles. The van der Waals surface area contributed by atoms with Crippen molar-refractivity contribution in [2.24, 2.45) is 0 Å².